The molecule has 2 aromatic heterocycles. The zero-order chi connectivity index (χ0) is 21.4. The predicted molar refractivity (Wildman–Crippen MR) is 100 cm³/mol. The summed E-state index contributed by atoms with van der Waals surface area (Å²) in [6.45, 7) is -0.381. The van der Waals surface area contributed by atoms with Crippen LogP contribution in [0.3, 0.4) is 0 Å². The molecule has 13 heteroatoms. The molecule has 0 aromatic carbocycles. The average Bonchev–Trinajstić information content (AvgIpc) is 3.10. The number of piperazine rings is 1. The Morgan fingerprint density at radius 3 is 2.31 bits per heavy atom. The molecule has 0 bridgehead atoms. The highest BCUT2D eigenvalue weighted by Crippen LogP contribution is 2.29. The van der Waals surface area contributed by atoms with Crippen molar-refractivity contribution >= 4 is 38.9 Å². The largest absolute Gasteiger partial charge is 0.417 e. The number of carbonyl (C=O) groups excluding carboxylic acids is 1. The number of hydrogen-bond donors (Lipinski definition) is 0. The Morgan fingerprint density at radius 1 is 1.10 bits per heavy atom. The molecule has 0 atom stereocenters. The minimum absolute atomic E-state index is 0.0289. The summed E-state index contributed by atoms with van der Waals surface area (Å²) in [5.74, 6) is -0.567. The van der Waals surface area contributed by atoms with Gasteiger partial charge in [0.1, 0.15) is 10.8 Å². The van der Waals surface area contributed by atoms with Gasteiger partial charge in [-0.15, -0.1) is 11.3 Å². The molecule has 2 aromatic rings. The molecule has 0 spiro atoms. The summed E-state index contributed by atoms with van der Waals surface area (Å²) in [6.07, 6.45) is -4.04. The van der Waals surface area contributed by atoms with Gasteiger partial charge in [0, 0.05) is 38.4 Å². The monoisotopic (exact) mass is 469 g/mol. The quantitative estimate of drug-likeness (QED) is 0.687. The normalized spacial score (nSPS) is 16.2. The van der Waals surface area contributed by atoms with Crippen LogP contribution in [0, 0.1) is 0 Å². The first-order valence-electron chi connectivity index (χ1n) is 8.29. The molecule has 1 aliphatic heterocycles. The number of hydrogen-bond acceptors (Lipinski definition) is 5. The van der Waals surface area contributed by atoms with Crippen molar-refractivity contribution in [3.8, 4) is 0 Å². The maximum absolute atomic E-state index is 12.8. The second kappa shape index (κ2) is 8.09. The lowest BCUT2D eigenvalue weighted by Gasteiger charge is -2.33. The molecule has 3 rings (SSSR count). The fourth-order valence-electron chi connectivity index (χ4n) is 2.81. The molecule has 0 unspecified atom stereocenters. The Labute approximate surface area is 173 Å². The van der Waals surface area contributed by atoms with Crippen LogP contribution in [0.5, 0.6) is 0 Å². The first-order chi connectivity index (χ1) is 13.5. The summed E-state index contributed by atoms with van der Waals surface area (Å²) in [5, 5.41) is 0. The maximum atomic E-state index is 12.8. The smallest absolute Gasteiger partial charge is 0.339 e. The summed E-state index contributed by atoms with van der Waals surface area (Å²) in [5.41, 5.74) is -1.77. The van der Waals surface area contributed by atoms with Crippen LogP contribution in [-0.4, -0.2) is 54.3 Å². The SMILES string of the molecule is O=C(Cn1cc(C(F)(F)F)ccc1=O)N1CCN(S(=O)(=O)c2ccc(Cl)s2)CC1. The highest BCUT2D eigenvalue weighted by atomic mass is 35.5. The lowest BCUT2D eigenvalue weighted by Crippen LogP contribution is -2.51. The van der Waals surface area contributed by atoms with E-state index in [0.717, 1.165) is 17.4 Å². The van der Waals surface area contributed by atoms with E-state index >= 15 is 0 Å². The van der Waals surface area contributed by atoms with Crippen molar-refractivity contribution in [1.29, 1.82) is 0 Å². The van der Waals surface area contributed by atoms with Gasteiger partial charge in [0.15, 0.2) is 0 Å². The molecule has 1 aliphatic rings. The van der Waals surface area contributed by atoms with Crippen LogP contribution < -0.4 is 5.56 Å². The van der Waals surface area contributed by atoms with Gasteiger partial charge in [-0.1, -0.05) is 11.6 Å². The number of thiophene rings is 1. The van der Waals surface area contributed by atoms with Crippen LogP contribution in [0.15, 0.2) is 39.5 Å². The zero-order valence-corrected chi connectivity index (χ0v) is 17.1. The summed E-state index contributed by atoms with van der Waals surface area (Å²) < 4.78 is 65.9. The third kappa shape index (κ3) is 4.82. The van der Waals surface area contributed by atoms with Gasteiger partial charge in [-0.25, -0.2) is 8.42 Å². The molecule has 1 amide bonds. The lowest BCUT2D eigenvalue weighted by molar-refractivity contribution is -0.139. The highest BCUT2D eigenvalue weighted by Gasteiger charge is 2.33. The average molecular weight is 470 g/mol. The zero-order valence-electron chi connectivity index (χ0n) is 14.7. The van der Waals surface area contributed by atoms with E-state index in [-0.39, 0.29) is 30.4 Å². The van der Waals surface area contributed by atoms with Crippen molar-refractivity contribution in [3.63, 3.8) is 0 Å². The van der Waals surface area contributed by atoms with Crippen LogP contribution in [0.2, 0.25) is 4.34 Å². The Bertz CT molecular complexity index is 1070. The second-order valence-electron chi connectivity index (χ2n) is 6.23. The number of nitrogens with zero attached hydrogens (tertiary/aromatic N) is 3. The van der Waals surface area contributed by atoms with Gasteiger partial charge in [0.25, 0.3) is 15.6 Å². The van der Waals surface area contributed by atoms with Crippen LogP contribution >= 0.6 is 22.9 Å². The molecule has 0 N–H and O–H groups in total. The molecule has 158 valence electrons. The van der Waals surface area contributed by atoms with Crippen molar-refractivity contribution < 1.29 is 26.4 Å². The van der Waals surface area contributed by atoms with Gasteiger partial charge >= 0.3 is 6.18 Å². The van der Waals surface area contributed by atoms with Crippen LogP contribution in [0.4, 0.5) is 13.2 Å². The van der Waals surface area contributed by atoms with Crippen molar-refractivity contribution in [2.75, 3.05) is 26.2 Å². The van der Waals surface area contributed by atoms with E-state index in [1.807, 2.05) is 0 Å². The van der Waals surface area contributed by atoms with Gasteiger partial charge in [0.05, 0.1) is 9.90 Å². The first kappa shape index (κ1) is 21.8. The Morgan fingerprint density at radius 2 is 1.76 bits per heavy atom. The van der Waals surface area contributed by atoms with E-state index in [0.29, 0.717) is 21.2 Å². The minimum Gasteiger partial charge on any atom is -0.339 e. The van der Waals surface area contributed by atoms with Gasteiger partial charge < -0.3 is 9.47 Å². The molecule has 1 fully saturated rings. The first-order valence-corrected chi connectivity index (χ1v) is 10.9. The van der Waals surface area contributed by atoms with E-state index in [1.54, 1.807) is 0 Å². The van der Waals surface area contributed by atoms with E-state index < -0.39 is 39.8 Å². The van der Waals surface area contributed by atoms with Gasteiger partial charge in [-0.05, 0) is 18.2 Å². The molecule has 0 saturated carbocycles. The van der Waals surface area contributed by atoms with Gasteiger partial charge in [-0.2, -0.15) is 17.5 Å². The Hall–Kier alpha value is -1.89. The predicted octanol–water partition coefficient (Wildman–Crippen LogP) is 2.12. The van der Waals surface area contributed by atoms with Crippen molar-refractivity contribution in [2.24, 2.45) is 0 Å². The van der Waals surface area contributed by atoms with Crippen LogP contribution in [0.25, 0.3) is 0 Å². The van der Waals surface area contributed by atoms with Crippen molar-refractivity contribution in [3.05, 3.63) is 50.7 Å². The van der Waals surface area contributed by atoms with E-state index in [2.05, 4.69) is 0 Å². The molecule has 1 saturated heterocycles. The number of aromatic nitrogens is 1. The second-order valence-corrected chi connectivity index (χ2v) is 10.1. The number of sulfonamides is 1. The number of pyridine rings is 1. The molecule has 0 aliphatic carbocycles. The summed E-state index contributed by atoms with van der Waals surface area (Å²) >= 11 is 6.71. The minimum atomic E-state index is -4.64. The highest BCUT2D eigenvalue weighted by molar-refractivity contribution is 7.91. The number of alkyl halides is 3. The molecule has 7 nitrogen and oxygen atoms in total. The van der Waals surface area contributed by atoms with Gasteiger partial charge in [0.2, 0.25) is 5.91 Å². The number of rotatable bonds is 4. The maximum Gasteiger partial charge on any atom is 0.417 e. The summed E-state index contributed by atoms with van der Waals surface area (Å²) in [7, 11) is -3.73. The van der Waals surface area contributed by atoms with E-state index in [1.165, 1.54) is 21.3 Å². The van der Waals surface area contributed by atoms with E-state index in [4.69, 9.17) is 11.6 Å². The lowest BCUT2D eigenvalue weighted by atomic mass is 10.2. The van der Waals surface area contributed by atoms with Crippen molar-refractivity contribution in [1.82, 2.24) is 13.8 Å². The molecular formula is C16H15ClF3N3O4S2. The fraction of sp³-hybridized carbons (Fsp3) is 0.375. The summed E-state index contributed by atoms with van der Waals surface area (Å²) in [4.78, 5) is 25.5. The fourth-order valence-corrected chi connectivity index (χ4v) is 5.87. The molecular weight excluding hydrogens is 455 g/mol. The third-order valence-electron chi connectivity index (χ3n) is 4.35. The number of halogens is 4. The number of amides is 1. The van der Waals surface area contributed by atoms with E-state index in [9.17, 15) is 31.2 Å². The Kier molecular flexibility index (Phi) is 6.08. The Balaban J connectivity index is 1.66. The topological polar surface area (TPSA) is 79.7 Å². The van der Waals surface area contributed by atoms with Crippen LogP contribution in [-0.2, 0) is 27.5 Å². The molecule has 29 heavy (non-hydrogen) atoms. The summed E-state index contributed by atoms with van der Waals surface area (Å²) in [6, 6.07) is 4.29. The van der Waals surface area contributed by atoms with Crippen molar-refractivity contribution in [2.45, 2.75) is 16.9 Å². The van der Waals surface area contributed by atoms with Gasteiger partial charge in [-0.3, -0.25) is 9.59 Å². The number of carbonyl (C=O) groups is 1. The molecule has 3 heterocycles. The third-order valence-corrected chi connectivity index (χ3v) is 7.95. The molecule has 0 radical (unpaired) electrons. The standard InChI is InChI=1S/C16H15ClF3N3O4S2/c17-12-2-4-15(28-12)29(26,27)23-7-5-21(6-8-23)14(25)10-22-9-11(16(18,19)20)1-3-13(22)24/h1-4,9H,5-8,10H2. The van der Waals surface area contributed by atoms with Crippen LogP contribution in [0.1, 0.15) is 5.56 Å².